The maximum absolute atomic E-state index is 12.2. The first-order chi connectivity index (χ1) is 12.8. The average molecular weight is 389 g/mol. The van der Waals surface area contributed by atoms with Crippen LogP contribution < -0.4 is 0 Å². The summed E-state index contributed by atoms with van der Waals surface area (Å²) in [5, 5.41) is 0.246. The Balaban J connectivity index is 1.58. The third kappa shape index (κ3) is 5.65. The molecule has 0 aliphatic carbocycles. The Morgan fingerprint density at radius 2 is 1.93 bits per heavy atom. The molecule has 1 aliphatic heterocycles. The third-order valence-electron chi connectivity index (χ3n) is 4.28. The summed E-state index contributed by atoms with van der Waals surface area (Å²) in [6.07, 6.45) is 1.43. The van der Waals surface area contributed by atoms with Crippen LogP contribution in [0.4, 0.5) is 4.79 Å². The lowest BCUT2D eigenvalue weighted by atomic mass is 10.1. The zero-order valence-electron chi connectivity index (χ0n) is 16.0. The molecule has 0 radical (unpaired) electrons. The summed E-state index contributed by atoms with van der Waals surface area (Å²) in [5.74, 6) is 0. The zero-order chi connectivity index (χ0) is 19.4. The summed E-state index contributed by atoms with van der Waals surface area (Å²) in [7, 11) is 0. The van der Waals surface area contributed by atoms with E-state index in [1.807, 2.05) is 39.0 Å². The van der Waals surface area contributed by atoms with E-state index in [1.165, 1.54) is 5.56 Å². The molecule has 27 heavy (non-hydrogen) atoms. The Labute approximate surface area is 165 Å². The van der Waals surface area contributed by atoms with Crippen molar-refractivity contribution in [2.24, 2.45) is 0 Å². The number of hydrogen-bond acceptors (Lipinski definition) is 5. The number of ether oxygens (including phenoxy) is 1. The van der Waals surface area contributed by atoms with E-state index in [0.717, 1.165) is 30.9 Å². The highest BCUT2D eigenvalue weighted by Crippen LogP contribution is 2.20. The second-order valence-corrected chi connectivity index (χ2v) is 7.99. The minimum atomic E-state index is -0.460. The molecule has 0 saturated carbocycles. The molecule has 3 rings (SSSR count). The topological polar surface area (TPSA) is 58.6 Å². The summed E-state index contributed by atoms with van der Waals surface area (Å²) in [4.78, 5) is 24.5. The van der Waals surface area contributed by atoms with Gasteiger partial charge < -0.3 is 9.64 Å². The van der Waals surface area contributed by atoms with Crippen molar-refractivity contribution in [1.82, 2.24) is 19.8 Å². The van der Waals surface area contributed by atoms with Crippen molar-refractivity contribution >= 4 is 17.7 Å². The Morgan fingerprint density at radius 3 is 2.59 bits per heavy atom. The molecule has 1 aliphatic rings. The molecule has 6 nitrogen and oxygen atoms in total. The predicted octanol–water partition coefficient (Wildman–Crippen LogP) is 3.85. The molecule has 2 heterocycles. The van der Waals surface area contributed by atoms with Crippen molar-refractivity contribution in [2.75, 3.05) is 26.2 Å². The van der Waals surface area contributed by atoms with Crippen LogP contribution in [0.1, 0.15) is 26.3 Å². The Morgan fingerprint density at radius 1 is 1.19 bits per heavy atom. The minimum Gasteiger partial charge on any atom is -0.444 e. The number of aromatic nitrogens is 2. The fraction of sp³-hybridized carbons (Fsp3) is 0.450. The highest BCUT2D eigenvalue weighted by Gasteiger charge is 2.25. The first kappa shape index (κ1) is 19.6. The first-order valence-electron chi connectivity index (χ1n) is 9.08. The number of piperazine rings is 1. The number of carbonyl (C=O) groups is 1. The fourth-order valence-electron chi connectivity index (χ4n) is 3.00. The van der Waals surface area contributed by atoms with E-state index in [9.17, 15) is 4.79 Å². The van der Waals surface area contributed by atoms with E-state index in [4.69, 9.17) is 16.3 Å². The van der Waals surface area contributed by atoms with Gasteiger partial charge in [-0.3, -0.25) is 4.90 Å². The molecule has 144 valence electrons. The number of benzene rings is 1. The van der Waals surface area contributed by atoms with Crippen molar-refractivity contribution in [3.05, 3.63) is 47.4 Å². The maximum Gasteiger partial charge on any atom is 0.410 e. The molecule has 0 atom stereocenters. The number of rotatable bonds is 3. The summed E-state index contributed by atoms with van der Waals surface area (Å²) >= 11 is 5.90. The summed E-state index contributed by atoms with van der Waals surface area (Å²) in [5.41, 5.74) is 2.57. The number of amides is 1. The number of halogens is 1. The van der Waals surface area contributed by atoms with Gasteiger partial charge in [-0.1, -0.05) is 18.2 Å². The fourth-order valence-corrected chi connectivity index (χ4v) is 3.15. The predicted molar refractivity (Wildman–Crippen MR) is 106 cm³/mol. The number of carbonyl (C=O) groups excluding carboxylic acids is 1. The quantitative estimate of drug-likeness (QED) is 0.747. The van der Waals surface area contributed by atoms with Gasteiger partial charge in [0.2, 0.25) is 5.28 Å². The van der Waals surface area contributed by atoms with Gasteiger partial charge in [0.15, 0.2) is 0 Å². The molecule has 1 aromatic heterocycles. The minimum absolute atomic E-state index is 0.232. The lowest BCUT2D eigenvalue weighted by Gasteiger charge is -2.35. The van der Waals surface area contributed by atoms with Crippen LogP contribution in [0.3, 0.4) is 0 Å². The van der Waals surface area contributed by atoms with E-state index in [0.29, 0.717) is 13.1 Å². The van der Waals surface area contributed by atoms with Gasteiger partial charge in [0.05, 0.1) is 5.69 Å². The Hall–Kier alpha value is -2.18. The monoisotopic (exact) mass is 388 g/mol. The summed E-state index contributed by atoms with van der Waals surface area (Å²) in [6.45, 7) is 9.49. The van der Waals surface area contributed by atoms with Gasteiger partial charge in [-0.25, -0.2) is 14.8 Å². The number of nitrogens with zero attached hydrogens (tertiary/aromatic N) is 4. The standard InChI is InChI=1S/C20H25ClN4O2/c1-20(2,3)27-19(26)25-11-9-24(10-12-25)14-15-5-4-6-16(13-15)17-7-8-22-18(21)23-17/h4-8,13H,9-12,14H2,1-3H3. The largest absolute Gasteiger partial charge is 0.444 e. The molecule has 1 fully saturated rings. The lowest BCUT2D eigenvalue weighted by Crippen LogP contribution is -2.49. The van der Waals surface area contributed by atoms with Crippen LogP contribution in [0.15, 0.2) is 36.5 Å². The van der Waals surface area contributed by atoms with Crippen LogP contribution in [-0.4, -0.2) is 57.6 Å². The summed E-state index contributed by atoms with van der Waals surface area (Å²) < 4.78 is 5.45. The van der Waals surface area contributed by atoms with Gasteiger partial charge in [-0.05, 0) is 50.1 Å². The van der Waals surface area contributed by atoms with Crippen LogP contribution >= 0.6 is 11.6 Å². The van der Waals surface area contributed by atoms with E-state index < -0.39 is 5.60 Å². The molecular weight excluding hydrogens is 364 g/mol. The molecule has 0 N–H and O–H groups in total. The van der Waals surface area contributed by atoms with Crippen molar-refractivity contribution in [2.45, 2.75) is 32.9 Å². The zero-order valence-corrected chi connectivity index (χ0v) is 16.7. The lowest BCUT2D eigenvalue weighted by molar-refractivity contribution is 0.0139. The van der Waals surface area contributed by atoms with E-state index >= 15 is 0 Å². The molecule has 2 aromatic rings. The smallest absolute Gasteiger partial charge is 0.410 e. The molecule has 0 unspecified atom stereocenters. The van der Waals surface area contributed by atoms with Gasteiger partial charge in [-0.2, -0.15) is 0 Å². The highest BCUT2D eigenvalue weighted by atomic mass is 35.5. The van der Waals surface area contributed by atoms with Gasteiger partial charge in [0.1, 0.15) is 5.60 Å². The van der Waals surface area contributed by atoms with Crippen molar-refractivity contribution < 1.29 is 9.53 Å². The maximum atomic E-state index is 12.2. The molecule has 0 spiro atoms. The molecule has 0 bridgehead atoms. The average Bonchev–Trinajstić information content (AvgIpc) is 2.61. The van der Waals surface area contributed by atoms with Crippen LogP contribution in [0.5, 0.6) is 0 Å². The second kappa shape index (κ2) is 8.23. The van der Waals surface area contributed by atoms with E-state index in [1.54, 1.807) is 11.1 Å². The van der Waals surface area contributed by atoms with Gasteiger partial charge in [0.25, 0.3) is 0 Å². The van der Waals surface area contributed by atoms with Crippen LogP contribution in [0.2, 0.25) is 5.28 Å². The molecule has 1 saturated heterocycles. The molecule has 7 heteroatoms. The van der Waals surface area contributed by atoms with E-state index in [-0.39, 0.29) is 11.4 Å². The van der Waals surface area contributed by atoms with Crippen molar-refractivity contribution in [3.8, 4) is 11.3 Å². The normalized spacial score (nSPS) is 15.6. The molecule has 1 amide bonds. The third-order valence-corrected chi connectivity index (χ3v) is 4.46. The Kier molecular flexibility index (Phi) is 5.97. The van der Waals surface area contributed by atoms with Gasteiger partial charge in [-0.15, -0.1) is 0 Å². The van der Waals surface area contributed by atoms with Gasteiger partial charge in [0, 0.05) is 44.5 Å². The van der Waals surface area contributed by atoms with Gasteiger partial charge >= 0.3 is 6.09 Å². The summed E-state index contributed by atoms with van der Waals surface area (Å²) in [6, 6.07) is 10.1. The van der Waals surface area contributed by atoms with Crippen LogP contribution in [-0.2, 0) is 11.3 Å². The SMILES string of the molecule is CC(C)(C)OC(=O)N1CCN(Cc2cccc(-c3ccnc(Cl)n3)c2)CC1. The Bertz CT molecular complexity index is 799. The van der Waals surface area contributed by atoms with E-state index in [2.05, 4.69) is 27.0 Å². The first-order valence-corrected chi connectivity index (χ1v) is 9.46. The van der Waals surface area contributed by atoms with Crippen LogP contribution in [0, 0.1) is 0 Å². The highest BCUT2D eigenvalue weighted by molar-refractivity contribution is 6.28. The second-order valence-electron chi connectivity index (χ2n) is 7.65. The van der Waals surface area contributed by atoms with Crippen molar-refractivity contribution in [1.29, 1.82) is 0 Å². The molecule has 1 aromatic carbocycles. The van der Waals surface area contributed by atoms with Crippen molar-refractivity contribution in [3.63, 3.8) is 0 Å². The van der Waals surface area contributed by atoms with Crippen LogP contribution in [0.25, 0.3) is 11.3 Å². The number of hydrogen-bond donors (Lipinski definition) is 0. The molecular formula is C20H25ClN4O2.